The van der Waals surface area contributed by atoms with Gasteiger partial charge in [-0.3, -0.25) is 9.20 Å². The van der Waals surface area contributed by atoms with Crippen LogP contribution in [0.4, 0.5) is 32.0 Å². The molecule has 2 aromatic carbocycles. The maximum Gasteiger partial charge on any atom is 0.416 e. The predicted molar refractivity (Wildman–Crippen MR) is 103 cm³/mol. The molecule has 11 heteroatoms. The van der Waals surface area contributed by atoms with E-state index in [2.05, 4.69) is 15.5 Å². The minimum Gasteiger partial charge on any atom is -0.322 e. The first-order valence-electron chi connectivity index (χ1n) is 9.03. The molecule has 164 valence electrons. The zero-order valence-corrected chi connectivity index (χ0v) is 15.9. The third-order valence-corrected chi connectivity index (χ3v) is 4.54. The van der Waals surface area contributed by atoms with Gasteiger partial charge in [0.05, 0.1) is 11.1 Å². The fourth-order valence-electron chi connectivity index (χ4n) is 3.06. The second-order valence-corrected chi connectivity index (χ2v) is 6.78. The molecule has 2 aromatic heterocycles. The van der Waals surface area contributed by atoms with Crippen molar-refractivity contribution in [2.24, 2.45) is 0 Å². The van der Waals surface area contributed by atoms with Gasteiger partial charge >= 0.3 is 12.4 Å². The van der Waals surface area contributed by atoms with Crippen LogP contribution < -0.4 is 5.32 Å². The Bertz CT molecular complexity index is 1280. The number of halogens is 6. The molecule has 4 aromatic rings. The van der Waals surface area contributed by atoms with Crippen LogP contribution in [-0.2, 0) is 12.4 Å². The molecule has 32 heavy (non-hydrogen) atoms. The van der Waals surface area contributed by atoms with Crippen LogP contribution in [0.2, 0.25) is 0 Å². The predicted octanol–water partition coefficient (Wildman–Crippen LogP) is 5.69. The topological polar surface area (TPSA) is 59.3 Å². The van der Waals surface area contributed by atoms with E-state index >= 15 is 0 Å². The number of pyridine rings is 1. The number of hydrogen-bond donors (Lipinski definition) is 1. The highest BCUT2D eigenvalue weighted by atomic mass is 19.4. The summed E-state index contributed by atoms with van der Waals surface area (Å²) in [5, 5.41) is 10.4. The third-order valence-electron chi connectivity index (χ3n) is 4.54. The van der Waals surface area contributed by atoms with Crippen LogP contribution in [-0.4, -0.2) is 20.5 Å². The summed E-state index contributed by atoms with van der Waals surface area (Å²) < 4.78 is 80.0. The van der Waals surface area contributed by atoms with E-state index in [9.17, 15) is 31.1 Å². The molecule has 0 bridgehead atoms. The fraction of sp³-hybridized carbons (Fsp3) is 0.0952. The number of anilines is 1. The molecular formula is C21H12F6N4O. The van der Waals surface area contributed by atoms with Gasteiger partial charge < -0.3 is 5.32 Å². The number of alkyl halides is 6. The van der Waals surface area contributed by atoms with Gasteiger partial charge in [-0.1, -0.05) is 18.2 Å². The van der Waals surface area contributed by atoms with E-state index in [-0.39, 0.29) is 11.8 Å². The molecule has 1 amide bonds. The molecule has 1 N–H and O–H groups in total. The molecule has 0 saturated heterocycles. The molecule has 0 aliphatic heterocycles. The van der Waals surface area contributed by atoms with Crippen molar-refractivity contribution in [2.75, 3.05) is 5.32 Å². The van der Waals surface area contributed by atoms with Gasteiger partial charge in [0.1, 0.15) is 0 Å². The highest BCUT2D eigenvalue weighted by molar-refractivity contribution is 6.04. The van der Waals surface area contributed by atoms with Gasteiger partial charge in [0, 0.05) is 23.0 Å². The van der Waals surface area contributed by atoms with Gasteiger partial charge in [0.2, 0.25) is 0 Å². The van der Waals surface area contributed by atoms with Crippen molar-refractivity contribution in [3.63, 3.8) is 0 Å². The Balaban J connectivity index is 1.67. The van der Waals surface area contributed by atoms with Crippen molar-refractivity contribution in [1.29, 1.82) is 0 Å². The Morgan fingerprint density at radius 3 is 2.16 bits per heavy atom. The number of aromatic nitrogens is 3. The standard InChI is InChI=1S/C21H12F6N4O/c22-20(23,24)14-8-13(9-15(11-14)21(25,26)27)19(32)28-16-5-3-4-12(10-16)18-30-29-17-6-1-2-7-31(17)18/h1-11H,(H,28,32). The number of rotatable bonds is 3. The lowest BCUT2D eigenvalue weighted by Gasteiger charge is -2.14. The molecule has 0 aliphatic carbocycles. The molecular weight excluding hydrogens is 438 g/mol. The van der Waals surface area contributed by atoms with Gasteiger partial charge in [-0.15, -0.1) is 10.2 Å². The largest absolute Gasteiger partial charge is 0.416 e. The summed E-state index contributed by atoms with van der Waals surface area (Å²) in [5.41, 5.74) is -2.65. The van der Waals surface area contributed by atoms with Gasteiger partial charge in [-0.2, -0.15) is 26.3 Å². The molecule has 5 nitrogen and oxygen atoms in total. The molecule has 0 spiro atoms. The van der Waals surface area contributed by atoms with Crippen LogP contribution in [0, 0.1) is 0 Å². The van der Waals surface area contributed by atoms with Crippen molar-refractivity contribution in [3.05, 3.63) is 83.6 Å². The number of carbonyl (C=O) groups is 1. The zero-order valence-electron chi connectivity index (χ0n) is 15.9. The van der Waals surface area contributed by atoms with E-state index in [1.807, 2.05) is 0 Å². The van der Waals surface area contributed by atoms with Crippen molar-refractivity contribution < 1.29 is 31.1 Å². The third kappa shape index (κ3) is 4.27. The highest BCUT2D eigenvalue weighted by Gasteiger charge is 2.37. The molecule has 4 rings (SSSR count). The van der Waals surface area contributed by atoms with Crippen LogP contribution in [0.3, 0.4) is 0 Å². The molecule has 2 heterocycles. The second-order valence-electron chi connectivity index (χ2n) is 6.78. The summed E-state index contributed by atoms with van der Waals surface area (Å²) >= 11 is 0. The van der Waals surface area contributed by atoms with E-state index in [4.69, 9.17) is 0 Å². The minimum absolute atomic E-state index is 0.0339. The zero-order chi connectivity index (χ0) is 23.1. The number of fused-ring (bicyclic) bond motifs is 1. The highest BCUT2D eigenvalue weighted by Crippen LogP contribution is 2.36. The van der Waals surface area contributed by atoms with Gasteiger partial charge in [-0.25, -0.2) is 0 Å². The Hall–Kier alpha value is -3.89. The van der Waals surface area contributed by atoms with E-state index < -0.39 is 35.0 Å². The lowest BCUT2D eigenvalue weighted by molar-refractivity contribution is -0.143. The monoisotopic (exact) mass is 450 g/mol. The fourth-order valence-corrected chi connectivity index (χ4v) is 3.06. The van der Waals surface area contributed by atoms with E-state index in [0.29, 0.717) is 29.2 Å². The summed E-state index contributed by atoms with van der Waals surface area (Å²) in [6, 6.07) is 12.1. The number of nitrogens with zero attached hydrogens (tertiary/aromatic N) is 3. The van der Waals surface area contributed by atoms with E-state index in [1.165, 1.54) is 12.1 Å². The molecule has 0 fully saturated rings. The van der Waals surface area contributed by atoms with Gasteiger partial charge in [0.15, 0.2) is 11.5 Å². The summed E-state index contributed by atoms with van der Waals surface area (Å²) in [5.74, 6) is -0.681. The smallest absolute Gasteiger partial charge is 0.322 e. The Labute approximate surface area is 176 Å². The normalized spacial score (nSPS) is 12.2. The molecule has 0 unspecified atom stereocenters. The van der Waals surface area contributed by atoms with Crippen molar-refractivity contribution in [2.45, 2.75) is 12.4 Å². The van der Waals surface area contributed by atoms with Crippen LogP contribution in [0.1, 0.15) is 21.5 Å². The minimum atomic E-state index is -5.05. The van der Waals surface area contributed by atoms with Crippen LogP contribution in [0.5, 0.6) is 0 Å². The molecule has 0 atom stereocenters. The second kappa shape index (κ2) is 7.66. The Kier molecular flexibility index (Phi) is 5.11. The quantitative estimate of drug-likeness (QED) is 0.408. The summed E-state index contributed by atoms with van der Waals surface area (Å²) in [6.07, 6.45) is -8.38. The number of hydrogen-bond acceptors (Lipinski definition) is 3. The lowest BCUT2D eigenvalue weighted by atomic mass is 10.0. The SMILES string of the molecule is O=C(Nc1cccc(-c2nnc3ccccn23)c1)c1cc(C(F)(F)F)cc(C(F)(F)F)c1. The van der Waals surface area contributed by atoms with E-state index in [0.717, 1.165) is 0 Å². The van der Waals surface area contributed by atoms with Crippen LogP contribution in [0.15, 0.2) is 66.9 Å². The average Bonchev–Trinajstić information content (AvgIpc) is 3.16. The Morgan fingerprint density at radius 2 is 1.50 bits per heavy atom. The maximum atomic E-state index is 13.0. The average molecular weight is 450 g/mol. The number of carbonyl (C=O) groups excluding carboxylic acids is 1. The van der Waals surface area contributed by atoms with Crippen molar-refractivity contribution in [3.8, 4) is 11.4 Å². The molecule has 0 aliphatic rings. The number of amides is 1. The summed E-state index contributed by atoms with van der Waals surface area (Å²) in [4.78, 5) is 12.5. The molecule has 0 saturated carbocycles. The van der Waals surface area contributed by atoms with Gasteiger partial charge in [-0.05, 0) is 42.5 Å². The summed E-state index contributed by atoms with van der Waals surface area (Å²) in [6.45, 7) is 0. The Morgan fingerprint density at radius 1 is 0.812 bits per heavy atom. The first-order valence-corrected chi connectivity index (χ1v) is 9.03. The van der Waals surface area contributed by atoms with Crippen LogP contribution >= 0.6 is 0 Å². The maximum absolute atomic E-state index is 13.0. The van der Waals surface area contributed by atoms with Crippen LogP contribution in [0.25, 0.3) is 17.0 Å². The van der Waals surface area contributed by atoms with E-state index in [1.54, 1.807) is 40.9 Å². The lowest BCUT2D eigenvalue weighted by Crippen LogP contribution is -2.17. The molecule has 0 radical (unpaired) electrons. The van der Waals surface area contributed by atoms with Crippen molar-refractivity contribution in [1.82, 2.24) is 14.6 Å². The first-order chi connectivity index (χ1) is 15.0. The van der Waals surface area contributed by atoms with Crippen molar-refractivity contribution >= 4 is 17.2 Å². The number of nitrogens with one attached hydrogen (secondary N) is 1. The number of benzene rings is 2. The van der Waals surface area contributed by atoms with Gasteiger partial charge in [0.25, 0.3) is 5.91 Å². The first kappa shape index (κ1) is 21.3. The summed E-state index contributed by atoms with van der Waals surface area (Å²) in [7, 11) is 0.